The highest BCUT2D eigenvalue weighted by atomic mass is 32.1. The van der Waals surface area contributed by atoms with Gasteiger partial charge in [-0.2, -0.15) is 12.6 Å². The van der Waals surface area contributed by atoms with E-state index in [1.807, 2.05) is 13.8 Å². The van der Waals surface area contributed by atoms with E-state index in [2.05, 4.69) is 70.5 Å². The van der Waals surface area contributed by atoms with E-state index >= 15 is 0 Å². The van der Waals surface area contributed by atoms with Gasteiger partial charge in [0.2, 0.25) is 53.2 Å². The molecule has 2 rings (SSSR count). The largest absolute Gasteiger partial charge is 0.481 e. The lowest BCUT2D eigenvalue weighted by atomic mass is 10.00. The average Bonchev–Trinajstić information content (AvgIpc) is 2.37. The number of guanidine groups is 1. The summed E-state index contributed by atoms with van der Waals surface area (Å²) in [6.45, 7) is 11.0. The van der Waals surface area contributed by atoms with E-state index in [0.29, 0.717) is 29.3 Å². The summed E-state index contributed by atoms with van der Waals surface area (Å²) in [6.07, 6.45) is -0.794. The number of hydrogen-bond acceptors (Lipinski definition) is 17. The second kappa shape index (κ2) is 38.5. The molecule has 0 aliphatic rings. The van der Waals surface area contributed by atoms with Crippen LogP contribution in [0.4, 0.5) is 0 Å². The molecule has 0 aliphatic heterocycles. The van der Waals surface area contributed by atoms with Gasteiger partial charge in [0.25, 0.3) is 0 Å². The van der Waals surface area contributed by atoms with Crippen LogP contribution in [-0.4, -0.2) is 188 Å². The van der Waals surface area contributed by atoms with Gasteiger partial charge >= 0.3 is 11.9 Å². The zero-order valence-electron chi connectivity index (χ0n) is 50.6. The average molecular weight is 1250 g/mol. The molecule has 31 heteroatoms. The molecule has 0 radical (unpaired) electrons. The number of unbranched alkanes of at least 4 members (excludes halogenated alkanes) is 1. The van der Waals surface area contributed by atoms with Gasteiger partial charge in [-0.1, -0.05) is 59.7 Å². The Morgan fingerprint density at radius 3 is 1.52 bits per heavy atom. The van der Waals surface area contributed by atoms with Gasteiger partial charge in [-0.15, -0.1) is 0 Å². The van der Waals surface area contributed by atoms with Crippen molar-refractivity contribution in [1.29, 1.82) is 0 Å². The van der Waals surface area contributed by atoms with Gasteiger partial charge in [0.05, 0.1) is 18.8 Å². The van der Waals surface area contributed by atoms with Crippen LogP contribution in [-0.2, 0) is 59.2 Å². The Labute approximate surface area is 511 Å². The van der Waals surface area contributed by atoms with Crippen LogP contribution in [0.15, 0.2) is 35.5 Å². The number of carbonyl (C=O) groups excluding carboxylic acids is 9. The van der Waals surface area contributed by atoms with Crippen LogP contribution < -0.4 is 70.8 Å². The SMILES string of the molecule is CC(C)C[C@H](NC(=O)[C@H](Cc1c[nH]c2ccccc12)NC(=O)[C@H](CCCN=C(N)N)NC(=O)[C@H](CO)NC(=O)[C@H](CCCCN)NC(=O)[C@H](CCC(=O)O)NC(=O)[C@@H](NC(=O)[C@H](CC(C)C)NC(=O)[C@@H](N)CC(C)C)[C@@H](C)O)C(=O)N[C@@H](CS)C(=O)O. The summed E-state index contributed by atoms with van der Waals surface area (Å²) >= 11 is 4.02. The monoisotopic (exact) mass is 1250 g/mol. The van der Waals surface area contributed by atoms with Gasteiger partial charge < -0.3 is 96.2 Å². The number of thiol groups is 1. The number of nitrogens with zero attached hydrogens (tertiary/aromatic N) is 1. The zero-order valence-corrected chi connectivity index (χ0v) is 51.5. The van der Waals surface area contributed by atoms with Crippen LogP contribution in [0.5, 0.6) is 0 Å². The quantitative estimate of drug-likeness (QED) is 0.0136. The Bertz CT molecular complexity index is 2650. The van der Waals surface area contributed by atoms with Crippen molar-refractivity contribution < 1.29 is 73.2 Å². The van der Waals surface area contributed by atoms with E-state index in [0.717, 1.165) is 0 Å². The molecule has 0 unspecified atom stereocenters. The number of carboxylic acids is 2. The number of para-hydroxylation sites is 1. The summed E-state index contributed by atoms with van der Waals surface area (Å²) in [5.74, 6) is -12.2. The number of carbonyl (C=O) groups is 11. The number of aliphatic imine (C=N–C) groups is 1. The molecule has 0 aliphatic carbocycles. The highest BCUT2D eigenvalue weighted by molar-refractivity contribution is 7.80. The minimum absolute atomic E-state index is 0.0437. The van der Waals surface area contributed by atoms with Crippen molar-refractivity contribution in [3.05, 3.63) is 36.0 Å². The summed E-state index contributed by atoms with van der Waals surface area (Å²) in [7, 11) is 0. The molecule has 1 heterocycles. The molecule has 0 spiro atoms. The van der Waals surface area contributed by atoms with E-state index in [1.54, 1.807) is 58.2 Å². The second-order valence-corrected chi connectivity index (χ2v) is 23.0. The number of amides is 9. The molecule has 0 fully saturated rings. The summed E-state index contributed by atoms with van der Waals surface area (Å²) in [5, 5.41) is 63.7. The first kappa shape index (κ1) is 75.5. The zero-order chi connectivity index (χ0) is 65.7. The molecule has 22 N–H and O–H groups in total. The van der Waals surface area contributed by atoms with Gasteiger partial charge in [0.15, 0.2) is 5.96 Å². The van der Waals surface area contributed by atoms with Gasteiger partial charge in [-0.05, 0) is 101 Å². The smallest absolute Gasteiger partial charge is 0.327 e. The van der Waals surface area contributed by atoms with Crippen molar-refractivity contribution in [2.24, 2.45) is 45.7 Å². The van der Waals surface area contributed by atoms with E-state index in [1.165, 1.54) is 6.92 Å². The maximum atomic E-state index is 14.5. The maximum absolute atomic E-state index is 14.5. The lowest BCUT2D eigenvalue weighted by Gasteiger charge is -2.29. The van der Waals surface area contributed by atoms with Crippen LogP contribution in [0.2, 0.25) is 0 Å². The molecule has 1 aromatic carbocycles. The molecule has 87 heavy (non-hydrogen) atoms. The Hall–Kier alpha value is -7.61. The first-order valence-electron chi connectivity index (χ1n) is 29.1. The maximum Gasteiger partial charge on any atom is 0.327 e. The number of aliphatic hydroxyl groups is 2. The van der Waals surface area contributed by atoms with Gasteiger partial charge in [-0.25, -0.2) is 4.79 Å². The lowest BCUT2D eigenvalue weighted by Crippen LogP contribution is -2.62. The number of aromatic nitrogens is 1. The standard InChI is InChI=1S/C56H93N15O15S/c1-28(2)21-34(58)46(76)66-40(23-30(5)6)52(82)71-45(31(7)73)54(84)65-38(17-18-44(74)75)49(79)63-36(15-10-11-19-57)48(78)69-42(26-72)53(83)64-37(16-12-20-61-56(59)60)47(77)68-41(24-32-25-62-35-14-9-8-13-33(32)35)51(81)67-39(22-29(3)4)50(80)70-43(27-87)55(85)86/h8-9,13-14,25,28-31,34,36-43,45,62,72-73,87H,10-12,15-24,26-27,57-58H2,1-7H3,(H,63,79)(H,64,83)(H,65,84)(H,66,76)(H,67,81)(H,68,77)(H,69,78)(H,70,80)(H,71,82)(H,74,75)(H,85,86)(H4,59,60,61)/t31-,34+,36+,37+,38+,39+,40+,41+,42+,43+,45+/m1/s1. The Balaban J connectivity index is 2.52. The summed E-state index contributed by atoms with van der Waals surface area (Å²) < 4.78 is 0. The molecule has 1 aromatic heterocycles. The van der Waals surface area contributed by atoms with Crippen molar-refractivity contribution >= 4 is 94.6 Å². The molecule has 0 bridgehead atoms. The number of benzene rings is 1. The fourth-order valence-electron chi connectivity index (χ4n) is 9.03. The number of hydrogen-bond donors (Lipinski definition) is 19. The number of nitrogens with two attached hydrogens (primary N) is 4. The van der Waals surface area contributed by atoms with Crippen LogP contribution in [0.3, 0.4) is 0 Å². The predicted octanol–water partition coefficient (Wildman–Crippen LogP) is -3.03. The number of nitrogens with one attached hydrogen (secondary N) is 10. The number of H-pyrrole nitrogens is 1. The highest BCUT2D eigenvalue weighted by Crippen LogP contribution is 2.20. The van der Waals surface area contributed by atoms with Gasteiger partial charge in [0.1, 0.15) is 54.4 Å². The molecule has 488 valence electrons. The molecule has 0 saturated heterocycles. The number of aromatic amines is 1. The van der Waals surface area contributed by atoms with E-state index in [-0.39, 0.29) is 87.5 Å². The summed E-state index contributed by atoms with van der Waals surface area (Å²) in [5.41, 5.74) is 24.1. The second-order valence-electron chi connectivity index (χ2n) is 22.6. The Kier molecular flexibility index (Phi) is 33.4. The van der Waals surface area contributed by atoms with Crippen molar-refractivity contribution in [1.82, 2.24) is 52.8 Å². The van der Waals surface area contributed by atoms with Crippen molar-refractivity contribution in [3.63, 3.8) is 0 Å². The molecular weight excluding hydrogens is 1150 g/mol. The van der Waals surface area contributed by atoms with Gasteiger partial charge in [-0.3, -0.25) is 52.9 Å². The molecule has 9 amide bonds. The van der Waals surface area contributed by atoms with Crippen molar-refractivity contribution in [3.8, 4) is 0 Å². The molecule has 2 aromatic rings. The van der Waals surface area contributed by atoms with Crippen LogP contribution in [0.1, 0.15) is 118 Å². The minimum atomic E-state index is -1.83. The normalized spacial score (nSPS) is 15.2. The summed E-state index contributed by atoms with van der Waals surface area (Å²) in [6, 6.07) is -7.66. The third kappa shape index (κ3) is 27.3. The van der Waals surface area contributed by atoms with E-state index < -0.39 is 151 Å². The molecule has 30 nitrogen and oxygen atoms in total. The number of aliphatic carboxylic acids is 2. The van der Waals surface area contributed by atoms with Crippen molar-refractivity contribution in [2.45, 2.75) is 186 Å². The van der Waals surface area contributed by atoms with E-state index in [9.17, 15) is 73.2 Å². The fraction of sp³-hybridized carbons (Fsp3) is 0.643. The van der Waals surface area contributed by atoms with E-state index in [4.69, 9.17) is 22.9 Å². The van der Waals surface area contributed by atoms with Crippen LogP contribution in [0.25, 0.3) is 10.9 Å². The predicted molar refractivity (Wildman–Crippen MR) is 326 cm³/mol. The first-order chi connectivity index (χ1) is 40.9. The van der Waals surface area contributed by atoms with Crippen molar-refractivity contribution in [2.75, 3.05) is 25.4 Å². The first-order valence-corrected chi connectivity index (χ1v) is 29.7. The fourth-order valence-corrected chi connectivity index (χ4v) is 9.28. The number of rotatable bonds is 41. The number of fused-ring (bicyclic) bond motifs is 1. The Morgan fingerprint density at radius 1 is 0.563 bits per heavy atom. The molecule has 0 saturated carbocycles. The minimum Gasteiger partial charge on any atom is -0.481 e. The van der Waals surface area contributed by atoms with Crippen LogP contribution >= 0.6 is 12.6 Å². The number of carboxylic acid groups (broad SMARTS) is 2. The Morgan fingerprint density at radius 2 is 1.01 bits per heavy atom. The third-order valence-corrected chi connectivity index (χ3v) is 14.0. The molecular formula is C56H93N15O15S. The molecule has 11 atom stereocenters. The highest BCUT2D eigenvalue weighted by Gasteiger charge is 2.37. The lowest BCUT2D eigenvalue weighted by molar-refractivity contribution is -0.141. The topological polar surface area (TPSA) is 509 Å². The summed E-state index contributed by atoms with van der Waals surface area (Å²) in [4.78, 5) is 156. The third-order valence-electron chi connectivity index (χ3n) is 13.6. The van der Waals surface area contributed by atoms with Crippen LogP contribution in [0, 0.1) is 17.8 Å². The number of aliphatic hydroxyl groups excluding tert-OH is 2. The van der Waals surface area contributed by atoms with Gasteiger partial charge in [0, 0.05) is 42.2 Å².